The standard InChI is InChI=1S/C17H19ClN2O/c1-13-12-14(18)8-9-16(13)19-11-10-17(21)20(2)15-6-4-3-5-7-15/h3-9,12,19H,10-11H2,1-2H3. The number of halogens is 1. The first-order valence-corrected chi connectivity index (χ1v) is 7.27. The van der Waals surface area contributed by atoms with E-state index in [9.17, 15) is 4.79 Å². The van der Waals surface area contributed by atoms with Crippen molar-refractivity contribution in [2.75, 3.05) is 23.8 Å². The molecule has 0 fully saturated rings. The quantitative estimate of drug-likeness (QED) is 0.901. The molecule has 0 saturated carbocycles. The summed E-state index contributed by atoms with van der Waals surface area (Å²) in [5.74, 6) is 0.0836. The van der Waals surface area contributed by atoms with E-state index in [1.807, 2.05) is 55.5 Å². The lowest BCUT2D eigenvalue weighted by atomic mass is 10.2. The summed E-state index contributed by atoms with van der Waals surface area (Å²) in [7, 11) is 1.80. The molecule has 0 unspecified atom stereocenters. The van der Waals surface area contributed by atoms with E-state index in [0.717, 1.165) is 22.0 Å². The number of amides is 1. The van der Waals surface area contributed by atoms with Gasteiger partial charge in [0, 0.05) is 36.4 Å². The lowest BCUT2D eigenvalue weighted by Crippen LogP contribution is -2.27. The molecule has 0 bridgehead atoms. The Hall–Kier alpha value is -2.00. The molecule has 0 aliphatic rings. The van der Waals surface area contributed by atoms with Crippen LogP contribution >= 0.6 is 11.6 Å². The maximum absolute atomic E-state index is 12.1. The molecule has 0 aromatic heterocycles. The van der Waals surface area contributed by atoms with Crippen LogP contribution in [0.15, 0.2) is 48.5 Å². The second kappa shape index (κ2) is 7.14. The van der Waals surface area contributed by atoms with E-state index >= 15 is 0 Å². The first-order valence-electron chi connectivity index (χ1n) is 6.89. The first-order chi connectivity index (χ1) is 10.1. The fraction of sp³-hybridized carbons (Fsp3) is 0.235. The molecule has 4 heteroatoms. The maximum atomic E-state index is 12.1. The number of anilines is 2. The van der Waals surface area contributed by atoms with Gasteiger partial charge in [-0.25, -0.2) is 0 Å². The molecule has 110 valence electrons. The summed E-state index contributed by atoms with van der Waals surface area (Å²) in [5.41, 5.74) is 2.99. The zero-order valence-corrected chi connectivity index (χ0v) is 13.0. The van der Waals surface area contributed by atoms with Gasteiger partial charge in [-0.05, 0) is 42.8 Å². The molecular formula is C17H19ClN2O. The minimum absolute atomic E-state index is 0.0836. The highest BCUT2D eigenvalue weighted by atomic mass is 35.5. The smallest absolute Gasteiger partial charge is 0.228 e. The van der Waals surface area contributed by atoms with Gasteiger partial charge in [-0.2, -0.15) is 0 Å². The molecule has 3 nitrogen and oxygen atoms in total. The van der Waals surface area contributed by atoms with Crippen LogP contribution in [0.3, 0.4) is 0 Å². The van der Waals surface area contributed by atoms with Crippen LogP contribution in [-0.4, -0.2) is 19.5 Å². The van der Waals surface area contributed by atoms with E-state index in [0.29, 0.717) is 13.0 Å². The van der Waals surface area contributed by atoms with Crippen molar-refractivity contribution in [2.45, 2.75) is 13.3 Å². The molecular weight excluding hydrogens is 284 g/mol. The van der Waals surface area contributed by atoms with Gasteiger partial charge in [0.05, 0.1) is 0 Å². The Morgan fingerprint density at radius 1 is 1.19 bits per heavy atom. The molecule has 0 aliphatic heterocycles. The number of aryl methyl sites for hydroxylation is 1. The number of para-hydroxylation sites is 1. The number of hydrogen-bond donors (Lipinski definition) is 1. The summed E-state index contributed by atoms with van der Waals surface area (Å²) >= 11 is 5.92. The molecule has 0 aliphatic carbocycles. The lowest BCUT2D eigenvalue weighted by Gasteiger charge is -2.17. The summed E-state index contributed by atoms with van der Waals surface area (Å²) in [6.45, 7) is 2.59. The van der Waals surface area contributed by atoms with Crippen LogP contribution in [0.25, 0.3) is 0 Å². The van der Waals surface area contributed by atoms with E-state index < -0.39 is 0 Å². The lowest BCUT2D eigenvalue weighted by molar-refractivity contribution is -0.118. The third kappa shape index (κ3) is 4.23. The van der Waals surface area contributed by atoms with Crippen LogP contribution in [0.4, 0.5) is 11.4 Å². The zero-order valence-electron chi connectivity index (χ0n) is 12.3. The van der Waals surface area contributed by atoms with Crippen molar-refractivity contribution in [1.82, 2.24) is 0 Å². The largest absolute Gasteiger partial charge is 0.384 e. The monoisotopic (exact) mass is 302 g/mol. The summed E-state index contributed by atoms with van der Waals surface area (Å²) in [5, 5.41) is 3.99. The van der Waals surface area contributed by atoms with E-state index in [-0.39, 0.29) is 5.91 Å². The van der Waals surface area contributed by atoms with Gasteiger partial charge in [-0.1, -0.05) is 29.8 Å². The number of carbonyl (C=O) groups excluding carboxylic acids is 1. The minimum atomic E-state index is 0.0836. The van der Waals surface area contributed by atoms with Crippen LogP contribution < -0.4 is 10.2 Å². The van der Waals surface area contributed by atoms with Crippen LogP contribution in [0, 0.1) is 6.92 Å². The van der Waals surface area contributed by atoms with Gasteiger partial charge in [0.1, 0.15) is 0 Å². The normalized spacial score (nSPS) is 10.2. The molecule has 1 amide bonds. The predicted octanol–water partition coefficient (Wildman–Crippen LogP) is 4.11. The molecule has 2 rings (SSSR count). The summed E-state index contributed by atoms with van der Waals surface area (Å²) in [6, 6.07) is 15.3. The van der Waals surface area contributed by atoms with E-state index in [1.165, 1.54) is 0 Å². The second-order valence-corrected chi connectivity index (χ2v) is 5.36. The highest BCUT2D eigenvalue weighted by Crippen LogP contribution is 2.19. The first kappa shape index (κ1) is 15.4. The Labute approximate surface area is 130 Å². The van der Waals surface area contributed by atoms with Crippen molar-refractivity contribution in [1.29, 1.82) is 0 Å². The average Bonchev–Trinajstić information content (AvgIpc) is 2.49. The number of rotatable bonds is 5. The van der Waals surface area contributed by atoms with Gasteiger partial charge in [-0.3, -0.25) is 4.79 Å². The molecule has 0 saturated heterocycles. The minimum Gasteiger partial charge on any atom is -0.384 e. The fourth-order valence-corrected chi connectivity index (χ4v) is 2.32. The van der Waals surface area contributed by atoms with E-state index in [4.69, 9.17) is 11.6 Å². The van der Waals surface area contributed by atoms with Crippen LogP contribution in [0.1, 0.15) is 12.0 Å². The van der Waals surface area contributed by atoms with E-state index in [1.54, 1.807) is 11.9 Å². The van der Waals surface area contributed by atoms with Crippen molar-refractivity contribution in [3.05, 3.63) is 59.1 Å². The van der Waals surface area contributed by atoms with Gasteiger partial charge in [0.2, 0.25) is 5.91 Å². The van der Waals surface area contributed by atoms with Crippen molar-refractivity contribution in [2.24, 2.45) is 0 Å². The fourth-order valence-electron chi connectivity index (χ4n) is 2.09. The van der Waals surface area contributed by atoms with Gasteiger partial charge in [-0.15, -0.1) is 0 Å². The molecule has 0 spiro atoms. The van der Waals surface area contributed by atoms with Crippen LogP contribution in [0.2, 0.25) is 5.02 Å². The summed E-state index contributed by atoms with van der Waals surface area (Å²) < 4.78 is 0. The molecule has 2 aromatic rings. The number of nitrogens with one attached hydrogen (secondary N) is 1. The summed E-state index contributed by atoms with van der Waals surface area (Å²) in [4.78, 5) is 13.8. The Morgan fingerprint density at radius 2 is 1.90 bits per heavy atom. The molecule has 0 radical (unpaired) electrons. The van der Waals surface area contributed by atoms with Crippen LogP contribution in [0.5, 0.6) is 0 Å². The topological polar surface area (TPSA) is 32.3 Å². The van der Waals surface area contributed by atoms with Crippen molar-refractivity contribution in [3.8, 4) is 0 Å². The predicted molar refractivity (Wildman–Crippen MR) is 89.1 cm³/mol. The summed E-state index contributed by atoms with van der Waals surface area (Å²) in [6.07, 6.45) is 0.438. The Balaban J connectivity index is 1.87. The number of hydrogen-bond acceptors (Lipinski definition) is 2. The van der Waals surface area contributed by atoms with Gasteiger partial charge in [0.25, 0.3) is 0 Å². The zero-order chi connectivity index (χ0) is 15.2. The third-order valence-electron chi connectivity index (χ3n) is 3.36. The molecule has 0 heterocycles. The number of benzene rings is 2. The van der Waals surface area contributed by atoms with Gasteiger partial charge in [0.15, 0.2) is 0 Å². The molecule has 1 N–H and O–H groups in total. The Bertz CT molecular complexity index is 613. The number of carbonyl (C=O) groups is 1. The average molecular weight is 303 g/mol. The van der Waals surface area contributed by atoms with Crippen molar-refractivity contribution >= 4 is 28.9 Å². The van der Waals surface area contributed by atoms with Crippen molar-refractivity contribution < 1.29 is 4.79 Å². The van der Waals surface area contributed by atoms with Crippen LogP contribution in [-0.2, 0) is 4.79 Å². The van der Waals surface area contributed by atoms with Gasteiger partial charge >= 0.3 is 0 Å². The SMILES string of the molecule is Cc1cc(Cl)ccc1NCCC(=O)N(C)c1ccccc1. The highest BCUT2D eigenvalue weighted by molar-refractivity contribution is 6.30. The van der Waals surface area contributed by atoms with E-state index in [2.05, 4.69) is 5.32 Å². The molecule has 21 heavy (non-hydrogen) atoms. The van der Waals surface area contributed by atoms with Gasteiger partial charge < -0.3 is 10.2 Å². The Kier molecular flexibility index (Phi) is 5.23. The second-order valence-electron chi connectivity index (χ2n) is 4.92. The van der Waals surface area contributed by atoms with Crippen molar-refractivity contribution in [3.63, 3.8) is 0 Å². The maximum Gasteiger partial charge on any atom is 0.228 e. The molecule has 2 aromatic carbocycles. The third-order valence-corrected chi connectivity index (χ3v) is 3.60. The Morgan fingerprint density at radius 3 is 2.57 bits per heavy atom. The molecule has 0 atom stereocenters. The number of nitrogens with zero attached hydrogens (tertiary/aromatic N) is 1. The highest BCUT2D eigenvalue weighted by Gasteiger charge is 2.10.